The number of benzene rings is 1. The van der Waals surface area contributed by atoms with E-state index in [1.54, 1.807) is 7.11 Å². The molecule has 130 valence electrons. The Kier molecular flexibility index (Phi) is 5.17. The van der Waals surface area contributed by atoms with Gasteiger partial charge in [-0.05, 0) is 39.3 Å². The zero-order valence-electron chi connectivity index (χ0n) is 14.9. The number of nitrogens with zero attached hydrogens (tertiary/aromatic N) is 2. The van der Waals surface area contributed by atoms with Crippen LogP contribution in [0, 0.1) is 0 Å². The van der Waals surface area contributed by atoms with Crippen molar-refractivity contribution in [3.63, 3.8) is 0 Å². The molecule has 0 amide bonds. The van der Waals surface area contributed by atoms with E-state index in [2.05, 4.69) is 5.10 Å². The van der Waals surface area contributed by atoms with Crippen LogP contribution in [0.1, 0.15) is 39.8 Å². The molecule has 0 aliphatic carbocycles. The molecule has 1 aromatic heterocycles. The molecule has 24 heavy (non-hydrogen) atoms. The molecule has 2 aromatic rings. The van der Waals surface area contributed by atoms with E-state index in [1.165, 1.54) is 4.68 Å². The third kappa shape index (κ3) is 3.88. The van der Waals surface area contributed by atoms with Gasteiger partial charge in [-0.15, -0.1) is 0 Å². The molecule has 1 heterocycles. The maximum atomic E-state index is 12.5. The Bertz CT molecular complexity index is 730. The fourth-order valence-corrected chi connectivity index (χ4v) is 2.38. The number of nitrogen functional groups attached to an aromatic ring is 1. The van der Waals surface area contributed by atoms with Crippen molar-refractivity contribution < 1.29 is 14.3 Å². The predicted molar refractivity (Wildman–Crippen MR) is 94.3 cm³/mol. The second-order valence-electron chi connectivity index (χ2n) is 6.58. The van der Waals surface area contributed by atoms with Crippen molar-refractivity contribution in [2.45, 2.75) is 46.1 Å². The Morgan fingerprint density at radius 2 is 2.04 bits per heavy atom. The van der Waals surface area contributed by atoms with E-state index in [1.807, 2.05) is 52.0 Å². The molecule has 0 spiro atoms. The van der Waals surface area contributed by atoms with Gasteiger partial charge in [-0.1, -0.05) is 25.5 Å². The van der Waals surface area contributed by atoms with E-state index >= 15 is 0 Å². The lowest BCUT2D eigenvalue weighted by Gasteiger charge is -2.19. The number of carbonyl (C=O) groups excluding carboxylic acids is 1. The second-order valence-corrected chi connectivity index (χ2v) is 6.58. The Morgan fingerprint density at radius 1 is 1.33 bits per heavy atom. The maximum Gasteiger partial charge on any atom is 0.435 e. The summed E-state index contributed by atoms with van der Waals surface area (Å²) in [6.45, 7) is 7.48. The molecule has 0 saturated heterocycles. The third-order valence-electron chi connectivity index (χ3n) is 3.42. The SMILES string of the molecule is CCCc1c(N)c(-c2cccc(OC)c2)nn1C(=O)OC(C)(C)C. The first-order chi connectivity index (χ1) is 11.3. The van der Waals surface area contributed by atoms with Crippen LogP contribution in [-0.2, 0) is 11.2 Å². The van der Waals surface area contributed by atoms with Gasteiger partial charge in [-0.3, -0.25) is 0 Å². The van der Waals surface area contributed by atoms with Crippen LogP contribution in [0.4, 0.5) is 10.5 Å². The lowest BCUT2D eigenvalue weighted by molar-refractivity contribution is 0.0510. The van der Waals surface area contributed by atoms with Crippen LogP contribution in [0.2, 0.25) is 0 Å². The Morgan fingerprint density at radius 3 is 2.62 bits per heavy atom. The smallest absolute Gasteiger partial charge is 0.435 e. The summed E-state index contributed by atoms with van der Waals surface area (Å²) in [5.74, 6) is 0.704. The quantitative estimate of drug-likeness (QED) is 0.920. The molecule has 6 heteroatoms. The van der Waals surface area contributed by atoms with Crippen LogP contribution in [0.15, 0.2) is 24.3 Å². The minimum atomic E-state index is -0.600. The van der Waals surface area contributed by atoms with Crippen molar-refractivity contribution in [3.05, 3.63) is 30.0 Å². The first-order valence-electron chi connectivity index (χ1n) is 8.02. The van der Waals surface area contributed by atoms with Crippen LogP contribution in [0.5, 0.6) is 5.75 Å². The molecular formula is C18H25N3O3. The maximum absolute atomic E-state index is 12.5. The highest BCUT2D eigenvalue weighted by molar-refractivity contribution is 5.81. The molecule has 2 N–H and O–H groups in total. The average molecular weight is 331 g/mol. The molecule has 0 unspecified atom stereocenters. The average Bonchev–Trinajstić information content (AvgIpc) is 2.83. The van der Waals surface area contributed by atoms with Gasteiger partial charge < -0.3 is 15.2 Å². The summed E-state index contributed by atoms with van der Waals surface area (Å²) in [5.41, 5.74) is 8.21. The van der Waals surface area contributed by atoms with E-state index in [-0.39, 0.29) is 0 Å². The summed E-state index contributed by atoms with van der Waals surface area (Å²) < 4.78 is 12.0. The van der Waals surface area contributed by atoms with Gasteiger partial charge in [-0.25, -0.2) is 4.79 Å². The minimum absolute atomic E-state index is 0.496. The summed E-state index contributed by atoms with van der Waals surface area (Å²) in [6, 6.07) is 7.43. The number of anilines is 1. The highest BCUT2D eigenvalue weighted by Crippen LogP contribution is 2.31. The van der Waals surface area contributed by atoms with Crippen molar-refractivity contribution in [1.82, 2.24) is 9.78 Å². The molecule has 0 saturated carbocycles. The van der Waals surface area contributed by atoms with E-state index < -0.39 is 11.7 Å². The van der Waals surface area contributed by atoms with E-state index in [0.717, 1.165) is 12.0 Å². The normalized spacial score (nSPS) is 11.4. The largest absolute Gasteiger partial charge is 0.497 e. The van der Waals surface area contributed by atoms with Crippen molar-refractivity contribution in [1.29, 1.82) is 0 Å². The predicted octanol–water partition coefficient (Wildman–Crippen LogP) is 3.88. The molecule has 0 bridgehead atoms. The summed E-state index contributed by atoms with van der Waals surface area (Å²) in [5, 5.41) is 4.42. The van der Waals surface area contributed by atoms with Crippen LogP contribution >= 0.6 is 0 Å². The molecular weight excluding hydrogens is 306 g/mol. The lowest BCUT2D eigenvalue weighted by Crippen LogP contribution is -2.28. The van der Waals surface area contributed by atoms with E-state index in [9.17, 15) is 4.79 Å². The van der Waals surface area contributed by atoms with Gasteiger partial charge in [0, 0.05) is 5.56 Å². The van der Waals surface area contributed by atoms with Crippen molar-refractivity contribution >= 4 is 11.8 Å². The molecule has 6 nitrogen and oxygen atoms in total. The first kappa shape index (κ1) is 17.8. The van der Waals surface area contributed by atoms with Gasteiger partial charge in [0.15, 0.2) is 0 Å². The Hall–Kier alpha value is -2.50. The minimum Gasteiger partial charge on any atom is -0.497 e. The van der Waals surface area contributed by atoms with Crippen LogP contribution in [0.25, 0.3) is 11.3 Å². The number of aromatic nitrogens is 2. The highest BCUT2D eigenvalue weighted by Gasteiger charge is 2.25. The number of methoxy groups -OCH3 is 1. The standard InChI is InChI=1S/C18H25N3O3/c1-6-8-14-15(19)16(12-9-7-10-13(11-12)23-5)20-21(14)17(22)24-18(2,3)4/h7,9-11H,6,8,19H2,1-5H3. The zero-order chi connectivity index (χ0) is 17.9. The van der Waals surface area contributed by atoms with Gasteiger partial charge in [0.25, 0.3) is 0 Å². The monoisotopic (exact) mass is 331 g/mol. The Balaban J connectivity index is 2.50. The molecule has 1 aromatic carbocycles. The fraction of sp³-hybridized carbons (Fsp3) is 0.444. The topological polar surface area (TPSA) is 79.4 Å². The molecule has 0 aliphatic rings. The number of carbonyl (C=O) groups is 1. The molecule has 0 fully saturated rings. The van der Waals surface area contributed by atoms with Gasteiger partial charge >= 0.3 is 6.09 Å². The summed E-state index contributed by atoms with van der Waals surface area (Å²) >= 11 is 0. The molecule has 0 atom stereocenters. The second kappa shape index (κ2) is 6.95. The van der Waals surface area contributed by atoms with Crippen molar-refractivity contribution in [3.8, 4) is 17.0 Å². The van der Waals surface area contributed by atoms with Crippen molar-refractivity contribution in [2.75, 3.05) is 12.8 Å². The number of ether oxygens (including phenoxy) is 2. The summed E-state index contributed by atoms with van der Waals surface area (Å²) in [4.78, 5) is 12.5. The van der Waals surface area contributed by atoms with Gasteiger partial charge in [0.1, 0.15) is 17.0 Å². The summed E-state index contributed by atoms with van der Waals surface area (Å²) in [7, 11) is 1.60. The van der Waals surface area contributed by atoms with Gasteiger partial charge in [-0.2, -0.15) is 9.78 Å². The molecule has 0 radical (unpaired) electrons. The third-order valence-corrected chi connectivity index (χ3v) is 3.42. The van der Waals surface area contributed by atoms with Gasteiger partial charge in [0.2, 0.25) is 0 Å². The van der Waals surface area contributed by atoms with Crippen molar-refractivity contribution in [2.24, 2.45) is 0 Å². The Labute approximate surface area is 142 Å². The summed E-state index contributed by atoms with van der Waals surface area (Å²) in [6.07, 6.45) is 0.963. The van der Waals surface area contributed by atoms with Crippen LogP contribution in [-0.4, -0.2) is 28.6 Å². The molecule has 0 aliphatic heterocycles. The number of nitrogens with two attached hydrogens (primary N) is 1. The van der Waals surface area contributed by atoms with E-state index in [4.69, 9.17) is 15.2 Å². The van der Waals surface area contributed by atoms with Crippen LogP contribution < -0.4 is 10.5 Å². The van der Waals surface area contributed by atoms with E-state index in [0.29, 0.717) is 29.2 Å². The zero-order valence-corrected chi connectivity index (χ0v) is 14.9. The number of hydrogen-bond donors (Lipinski definition) is 1. The highest BCUT2D eigenvalue weighted by atomic mass is 16.6. The lowest BCUT2D eigenvalue weighted by atomic mass is 10.1. The van der Waals surface area contributed by atoms with Crippen LogP contribution in [0.3, 0.4) is 0 Å². The number of hydrogen-bond acceptors (Lipinski definition) is 5. The van der Waals surface area contributed by atoms with Gasteiger partial charge in [0.05, 0.1) is 18.5 Å². The number of rotatable bonds is 4. The first-order valence-corrected chi connectivity index (χ1v) is 8.02. The molecule has 2 rings (SSSR count). The fourth-order valence-electron chi connectivity index (χ4n) is 2.38.